The number of piperidine rings is 1. The molecule has 2 unspecified atom stereocenters. The summed E-state index contributed by atoms with van der Waals surface area (Å²) in [6.45, 7) is 5.64. The summed E-state index contributed by atoms with van der Waals surface area (Å²) in [4.78, 5) is 31.0. The van der Waals surface area contributed by atoms with E-state index in [4.69, 9.17) is 0 Å². The summed E-state index contributed by atoms with van der Waals surface area (Å²) < 4.78 is 1.56. The molecule has 1 N–H and O–H groups in total. The van der Waals surface area contributed by atoms with E-state index in [9.17, 15) is 9.59 Å². The maximum absolute atomic E-state index is 13.3. The van der Waals surface area contributed by atoms with Gasteiger partial charge in [-0.2, -0.15) is 0 Å². The molecular weight excluding hydrogens is 350 g/mol. The van der Waals surface area contributed by atoms with E-state index in [0.29, 0.717) is 16.9 Å². The molecule has 5 heteroatoms. The third-order valence-electron chi connectivity index (χ3n) is 6.90. The van der Waals surface area contributed by atoms with Gasteiger partial charge in [-0.05, 0) is 49.3 Å². The van der Waals surface area contributed by atoms with Crippen molar-refractivity contribution in [2.24, 2.45) is 13.0 Å². The van der Waals surface area contributed by atoms with Gasteiger partial charge in [0, 0.05) is 37.9 Å². The number of nitrogens with zero attached hydrogens (tertiary/aromatic N) is 2. The Labute approximate surface area is 164 Å². The number of amides is 1. The lowest BCUT2D eigenvalue weighted by Gasteiger charge is -2.32. The highest BCUT2D eigenvalue weighted by atomic mass is 16.2. The summed E-state index contributed by atoms with van der Waals surface area (Å²) in [5, 5.41) is 0.513. The molecular formula is C23H25N3O2. The lowest BCUT2D eigenvalue weighted by atomic mass is 9.84. The molecule has 0 radical (unpaired) electrons. The number of likely N-dealkylation sites (tertiary alicyclic amines) is 1. The van der Waals surface area contributed by atoms with E-state index in [0.717, 1.165) is 37.0 Å². The fourth-order valence-corrected chi connectivity index (χ4v) is 5.28. The summed E-state index contributed by atoms with van der Waals surface area (Å²) >= 11 is 0. The van der Waals surface area contributed by atoms with Crippen LogP contribution in [0.4, 0.5) is 0 Å². The molecule has 5 rings (SSSR count). The molecule has 0 bridgehead atoms. The van der Waals surface area contributed by atoms with Crippen LogP contribution in [0.15, 0.2) is 41.5 Å². The molecule has 0 spiro atoms. The zero-order valence-electron chi connectivity index (χ0n) is 16.6. The van der Waals surface area contributed by atoms with Crippen LogP contribution in [0.3, 0.4) is 0 Å². The fourth-order valence-electron chi connectivity index (χ4n) is 5.28. The zero-order chi connectivity index (χ0) is 19.6. The largest absolute Gasteiger partial charge is 0.360 e. The highest BCUT2D eigenvalue weighted by molar-refractivity contribution is 6.07. The molecule has 28 heavy (non-hydrogen) atoms. The first-order valence-corrected chi connectivity index (χ1v) is 9.95. The summed E-state index contributed by atoms with van der Waals surface area (Å²) in [5.41, 5.74) is 5.16. The second kappa shape index (κ2) is 5.84. The topological polar surface area (TPSA) is 58.1 Å². The number of aromatic nitrogens is 2. The minimum absolute atomic E-state index is 0.0285. The highest BCUT2D eigenvalue weighted by Crippen LogP contribution is 2.59. The number of fused-ring (bicyclic) bond motifs is 2. The number of nitrogens with one attached hydrogen (secondary N) is 1. The smallest absolute Gasteiger partial charge is 0.260 e. The molecule has 1 amide bonds. The van der Waals surface area contributed by atoms with E-state index in [1.165, 1.54) is 11.1 Å². The quantitative estimate of drug-likeness (QED) is 0.747. The van der Waals surface area contributed by atoms with Crippen molar-refractivity contribution in [2.45, 2.75) is 32.1 Å². The monoisotopic (exact) mass is 375 g/mol. The molecule has 5 nitrogen and oxygen atoms in total. The Bertz CT molecular complexity index is 1170. The lowest BCUT2D eigenvalue weighted by molar-refractivity contribution is 0.0709. The average molecular weight is 375 g/mol. The van der Waals surface area contributed by atoms with Gasteiger partial charge in [-0.25, -0.2) is 0 Å². The Morgan fingerprint density at radius 2 is 2.00 bits per heavy atom. The third kappa shape index (κ3) is 2.32. The van der Waals surface area contributed by atoms with Crippen LogP contribution in [0.1, 0.15) is 39.9 Å². The Kier molecular flexibility index (Phi) is 3.60. The van der Waals surface area contributed by atoms with Crippen LogP contribution in [0.2, 0.25) is 0 Å². The van der Waals surface area contributed by atoms with Crippen molar-refractivity contribution in [2.75, 3.05) is 13.1 Å². The maximum Gasteiger partial charge on any atom is 0.260 e. The van der Waals surface area contributed by atoms with Crippen LogP contribution in [-0.2, 0) is 12.5 Å². The summed E-state index contributed by atoms with van der Waals surface area (Å²) in [6.07, 6.45) is 5.65. The number of pyridine rings is 1. The Morgan fingerprint density at radius 1 is 1.21 bits per heavy atom. The van der Waals surface area contributed by atoms with Crippen LogP contribution in [0.5, 0.6) is 0 Å². The van der Waals surface area contributed by atoms with Gasteiger partial charge in [0.25, 0.3) is 11.5 Å². The number of aryl methyl sites for hydroxylation is 3. The standard InChI is InChI=1S/C23H25N3O2/c1-14-6-4-5-7-18(14)23-8-9-26(13-16(23)10-23)21(27)17-11-24-20-15(2)12-25(3)22(28)19(17)20/h4-7,11-12,16,24H,8-10,13H2,1-3H3. The van der Waals surface area contributed by atoms with Gasteiger partial charge < -0.3 is 14.5 Å². The zero-order valence-corrected chi connectivity index (χ0v) is 16.6. The Hall–Kier alpha value is -2.82. The second-order valence-corrected chi connectivity index (χ2v) is 8.55. The van der Waals surface area contributed by atoms with E-state index in [1.54, 1.807) is 24.0 Å². The fraction of sp³-hybridized carbons (Fsp3) is 0.391. The number of H-pyrrole nitrogens is 1. The van der Waals surface area contributed by atoms with Crippen molar-refractivity contribution in [1.82, 2.24) is 14.5 Å². The first kappa shape index (κ1) is 17.3. The van der Waals surface area contributed by atoms with Crippen molar-refractivity contribution < 1.29 is 4.79 Å². The van der Waals surface area contributed by atoms with Crippen LogP contribution in [-0.4, -0.2) is 33.4 Å². The third-order valence-corrected chi connectivity index (χ3v) is 6.90. The molecule has 144 valence electrons. The van der Waals surface area contributed by atoms with Gasteiger partial charge in [0.2, 0.25) is 0 Å². The summed E-state index contributed by atoms with van der Waals surface area (Å²) in [5.74, 6) is 0.486. The number of rotatable bonds is 2. The SMILES string of the molecule is Cc1ccccc1C12CCN(C(=O)c3c[nH]c4c(C)cn(C)c(=O)c34)CC1C2. The minimum Gasteiger partial charge on any atom is -0.360 e. The van der Waals surface area contributed by atoms with Crippen LogP contribution in [0, 0.1) is 19.8 Å². The van der Waals surface area contributed by atoms with Gasteiger partial charge in [-0.1, -0.05) is 24.3 Å². The first-order valence-electron chi connectivity index (χ1n) is 9.95. The summed E-state index contributed by atoms with van der Waals surface area (Å²) in [6, 6.07) is 8.64. The Balaban J connectivity index is 1.44. The van der Waals surface area contributed by atoms with Gasteiger partial charge in [0.1, 0.15) is 0 Å². The number of carbonyl (C=O) groups excluding carboxylic acids is 1. The maximum atomic E-state index is 13.3. The molecule has 1 aromatic carbocycles. The van der Waals surface area contributed by atoms with E-state index >= 15 is 0 Å². The number of benzene rings is 1. The molecule has 2 atom stereocenters. The molecule has 3 heterocycles. The van der Waals surface area contributed by atoms with Crippen molar-refractivity contribution in [3.05, 3.63) is 69.3 Å². The van der Waals surface area contributed by atoms with Crippen molar-refractivity contribution in [1.29, 1.82) is 0 Å². The second-order valence-electron chi connectivity index (χ2n) is 8.55. The van der Waals surface area contributed by atoms with Gasteiger partial charge in [-0.3, -0.25) is 9.59 Å². The van der Waals surface area contributed by atoms with Gasteiger partial charge in [0.15, 0.2) is 0 Å². The lowest BCUT2D eigenvalue weighted by Crippen LogP contribution is -2.40. The molecule has 2 aromatic heterocycles. The average Bonchev–Trinajstić information content (AvgIpc) is 3.24. The number of hydrogen-bond donors (Lipinski definition) is 1. The van der Waals surface area contributed by atoms with Gasteiger partial charge in [-0.15, -0.1) is 0 Å². The van der Waals surface area contributed by atoms with E-state index in [1.807, 2.05) is 11.8 Å². The molecule has 3 aromatic rings. The highest BCUT2D eigenvalue weighted by Gasteiger charge is 2.58. The van der Waals surface area contributed by atoms with Crippen LogP contribution < -0.4 is 5.56 Å². The van der Waals surface area contributed by atoms with E-state index < -0.39 is 0 Å². The first-order chi connectivity index (χ1) is 13.4. The van der Waals surface area contributed by atoms with Crippen molar-refractivity contribution >= 4 is 16.8 Å². The molecule has 2 fully saturated rings. The predicted octanol–water partition coefficient (Wildman–Crippen LogP) is 3.29. The van der Waals surface area contributed by atoms with Crippen molar-refractivity contribution in [3.8, 4) is 0 Å². The van der Waals surface area contributed by atoms with E-state index in [-0.39, 0.29) is 16.9 Å². The summed E-state index contributed by atoms with van der Waals surface area (Å²) in [7, 11) is 1.73. The molecule has 1 saturated heterocycles. The number of hydrogen-bond acceptors (Lipinski definition) is 2. The van der Waals surface area contributed by atoms with E-state index in [2.05, 4.69) is 36.2 Å². The van der Waals surface area contributed by atoms with Crippen LogP contribution >= 0.6 is 0 Å². The molecule has 1 aliphatic carbocycles. The van der Waals surface area contributed by atoms with Crippen LogP contribution in [0.25, 0.3) is 10.9 Å². The normalized spacial score (nSPS) is 23.7. The molecule has 1 saturated carbocycles. The number of aromatic amines is 1. The van der Waals surface area contributed by atoms with Crippen molar-refractivity contribution in [3.63, 3.8) is 0 Å². The van der Waals surface area contributed by atoms with Gasteiger partial charge >= 0.3 is 0 Å². The molecule has 2 aliphatic rings. The minimum atomic E-state index is -0.122. The molecule has 1 aliphatic heterocycles. The predicted molar refractivity (Wildman–Crippen MR) is 110 cm³/mol. The Morgan fingerprint density at radius 3 is 2.75 bits per heavy atom. The van der Waals surface area contributed by atoms with Gasteiger partial charge in [0.05, 0.1) is 16.5 Å². The number of carbonyl (C=O) groups is 1.